The molecule has 2 aromatic heterocycles. The number of halogens is 2. The lowest BCUT2D eigenvalue weighted by Gasteiger charge is -2.34. The van der Waals surface area contributed by atoms with Crippen molar-refractivity contribution in [1.29, 1.82) is 0 Å². The summed E-state index contributed by atoms with van der Waals surface area (Å²) >= 11 is 0. The van der Waals surface area contributed by atoms with E-state index >= 15 is 0 Å². The summed E-state index contributed by atoms with van der Waals surface area (Å²) in [4.78, 5) is 28.7. The van der Waals surface area contributed by atoms with Crippen LogP contribution in [0, 0.1) is 0 Å². The predicted molar refractivity (Wildman–Crippen MR) is 99.6 cm³/mol. The molecule has 1 aromatic carbocycles. The van der Waals surface area contributed by atoms with Gasteiger partial charge in [-0.15, -0.1) is 8.78 Å². The SMILES string of the molecule is O=C(c1ccc2c(c1)OC(F)(F)O2)N1CCN(C(=O)c2cc3ccccn3n2)CC1. The maximum atomic E-state index is 13.2. The highest BCUT2D eigenvalue weighted by atomic mass is 19.3. The van der Waals surface area contributed by atoms with E-state index in [0.717, 1.165) is 5.52 Å². The predicted octanol–water partition coefficient (Wildman–Crippen LogP) is 2.25. The zero-order valence-corrected chi connectivity index (χ0v) is 15.6. The molecule has 30 heavy (non-hydrogen) atoms. The minimum absolute atomic E-state index is 0.112. The Kier molecular flexibility index (Phi) is 4.09. The number of rotatable bonds is 2. The number of hydrogen-bond donors (Lipinski definition) is 0. The van der Waals surface area contributed by atoms with Gasteiger partial charge >= 0.3 is 6.29 Å². The molecular formula is C20H16F2N4O4. The Bertz CT molecular complexity index is 1120. The standard InChI is InChI=1S/C20H16F2N4O4/c21-20(22)29-16-5-4-13(11-17(16)30-20)18(27)24-7-9-25(10-8-24)19(28)15-12-14-3-1-2-6-26(14)23-15/h1-6,11-12H,7-10H2. The number of ether oxygens (including phenoxy) is 2. The Balaban J connectivity index is 1.25. The van der Waals surface area contributed by atoms with Crippen LogP contribution >= 0.6 is 0 Å². The third kappa shape index (κ3) is 3.19. The lowest BCUT2D eigenvalue weighted by atomic mass is 10.1. The van der Waals surface area contributed by atoms with E-state index in [1.807, 2.05) is 18.2 Å². The van der Waals surface area contributed by atoms with Crippen LogP contribution in [-0.2, 0) is 0 Å². The van der Waals surface area contributed by atoms with Crippen molar-refractivity contribution in [3.63, 3.8) is 0 Å². The first-order valence-corrected chi connectivity index (χ1v) is 9.32. The number of benzene rings is 1. The molecule has 2 aliphatic heterocycles. The summed E-state index contributed by atoms with van der Waals surface area (Å²) < 4.78 is 36.7. The Morgan fingerprint density at radius 2 is 1.60 bits per heavy atom. The number of amides is 2. The van der Waals surface area contributed by atoms with Gasteiger partial charge in [-0.1, -0.05) is 6.07 Å². The van der Waals surface area contributed by atoms with Crippen LogP contribution in [0.15, 0.2) is 48.7 Å². The fourth-order valence-corrected chi connectivity index (χ4v) is 3.58. The third-order valence-electron chi connectivity index (χ3n) is 5.09. The lowest BCUT2D eigenvalue weighted by molar-refractivity contribution is -0.286. The average molecular weight is 414 g/mol. The molecule has 8 nitrogen and oxygen atoms in total. The summed E-state index contributed by atoms with van der Waals surface area (Å²) in [6.45, 7) is 1.34. The van der Waals surface area contributed by atoms with E-state index < -0.39 is 6.29 Å². The molecule has 0 unspecified atom stereocenters. The second-order valence-corrected chi connectivity index (χ2v) is 7.01. The highest BCUT2D eigenvalue weighted by Gasteiger charge is 2.43. The molecule has 0 saturated carbocycles. The van der Waals surface area contributed by atoms with Crippen LogP contribution in [-0.4, -0.2) is 63.7 Å². The minimum atomic E-state index is -3.73. The summed E-state index contributed by atoms with van der Waals surface area (Å²) in [5, 5.41) is 4.29. The van der Waals surface area contributed by atoms with Crippen LogP contribution < -0.4 is 9.47 Å². The minimum Gasteiger partial charge on any atom is -0.395 e. The van der Waals surface area contributed by atoms with Crippen molar-refractivity contribution >= 4 is 17.3 Å². The maximum absolute atomic E-state index is 13.2. The average Bonchev–Trinajstić information content (AvgIpc) is 3.31. The van der Waals surface area contributed by atoms with E-state index in [9.17, 15) is 18.4 Å². The first kappa shape index (κ1) is 18.3. The number of carbonyl (C=O) groups is 2. The largest absolute Gasteiger partial charge is 0.586 e. The van der Waals surface area contributed by atoms with E-state index in [0.29, 0.717) is 31.9 Å². The van der Waals surface area contributed by atoms with Gasteiger partial charge in [-0.25, -0.2) is 4.52 Å². The summed E-state index contributed by atoms with van der Waals surface area (Å²) in [6, 6.07) is 11.2. The van der Waals surface area contributed by atoms with Crippen LogP contribution in [0.3, 0.4) is 0 Å². The van der Waals surface area contributed by atoms with Gasteiger partial charge in [0.25, 0.3) is 11.8 Å². The molecule has 154 valence electrons. The molecule has 1 fully saturated rings. The summed E-state index contributed by atoms with van der Waals surface area (Å²) in [5.74, 6) is -0.807. The Morgan fingerprint density at radius 3 is 2.33 bits per heavy atom. The third-order valence-corrected chi connectivity index (χ3v) is 5.09. The van der Waals surface area contributed by atoms with Crippen LogP contribution in [0.4, 0.5) is 8.78 Å². The molecule has 10 heteroatoms. The molecule has 1 saturated heterocycles. The zero-order chi connectivity index (χ0) is 20.9. The number of nitrogens with zero attached hydrogens (tertiary/aromatic N) is 4. The molecular weight excluding hydrogens is 398 g/mol. The van der Waals surface area contributed by atoms with Gasteiger partial charge in [0.1, 0.15) is 0 Å². The van der Waals surface area contributed by atoms with Crippen LogP contribution in [0.1, 0.15) is 20.8 Å². The Hall–Kier alpha value is -3.69. The Morgan fingerprint density at radius 1 is 0.900 bits per heavy atom. The van der Waals surface area contributed by atoms with Crippen molar-refractivity contribution in [2.75, 3.05) is 26.2 Å². The first-order chi connectivity index (χ1) is 14.4. The van der Waals surface area contributed by atoms with E-state index in [1.165, 1.54) is 18.2 Å². The van der Waals surface area contributed by atoms with Gasteiger partial charge < -0.3 is 19.3 Å². The van der Waals surface area contributed by atoms with E-state index in [-0.39, 0.29) is 28.9 Å². The molecule has 3 aromatic rings. The topological polar surface area (TPSA) is 76.4 Å². The van der Waals surface area contributed by atoms with Crippen LogP contribution in [0.2, 0.25) is 0 Å². The number of pyridine rings is 1. The van der Waals surface area contributed by atoms with Crippen molar-refractivity contribution in [3.8, 4) is 11.5 Å². The Labute approximate surface area is 169 Å². The summed E-state index contributed by atoms with van der Waals surface area (Å²) in [5.41, 5.74) is 1.39. The monoisotopic (exact) mass is 414 g/mol. The fraction of sp³-hybridized carbons (Fsp3) is 0.250. The number of fused-ring (bicyclic) bond motifs is 2. The first-order valence-electron chi connectivity index (χ1n) is 9.32. The van der Waals surface area contributed by atoms with Crippen molar-refractivity contribution < 1.29 is 27.8 Å². The second-order valence-electron chi connectivity index (χ2n) is 7.01. The molecule has 0 aliphatic carbocycles. The normalized spacial score (nSPS) is 17.4. The number of hydrogen-bond acceptors (Lipinski definition) is 5. The van der Waals surface area contributed by atoms with Gasteiger partial charge in [0.2, 0.25) is 0 Å². The van der Waals surface area contributed by atoms with Crippen molar-refractivity contribution in [2.45, 2.75) is 6.29 Å². The smallest absolute Gasteiger partial charge is 0.395 e. The van der Waals surface area contributed by atoms with Gasteiger partial charge in [-0.3, -0.25) is 9.59 Å². The quantitative estimate of drug-likeness (QED) is 0.643. The maximum Gasteiger partial charge on any atom is 0.586 e. The van der Waals surface area contributed by atoms with E-state index in [4.69, 9.17) is 0 Å². The van der Waals surface area contributed by atoms with Gasteiger partial charge in [0, 0.05) is 37.9 Å². The molecule has 2 aliphatic rings. The molecule has 0 radical (unpaired) electrons. The van der Waals surface area contributed by atoms with Gasteiger partial charge in [0.15, 0.2) is 17.2 Å². The second kappa shape index (κ2) is 6.68. The number of carbonyl (C=O) groups excluding carboxylic acids is 2. The van der Waals surface area contributed by atoms with Crippen LogP contribution in [0.5, 0.6) is 11.5 Å². The highest BCUT2D eigenvalue weighted by molar-refractivity contribution is 5.96. The summed E-state index contributed by atoms with van der Waals surface area (Å²) in [6.07, 6.45) is -1.96. The molecule has 0 atom stereocenters. The van der Waals surface area contributed by atoms with Gasteiger partial charge in [0.05, 0.1) is 5.52 Å². The van der Waals surface area contributed by atoms with Crippen molar-refractivity contribution in [2.24, 2.45) is 0 Å². The molecule has 0 N–H and O–H groups in total. The number of alkyl halides is 2. The molecule has 5 rings (SSSR count). The van der Waals surface area contributed by atoms with Crippen molar-refractivity contribution in [1.82, 2.24) is 19.4 Å². The highest BCUT2D eigenvalue weighted by Crippen LogP contribution is 2.41. The van der Waals surface area contributed by atoms with Gasteiger partial charge in [-0.05, 0) is 36.4 Å². The van der Waals surface area contributed by atoms with Crippen LogP contribution in [0.25, 0.3) is 5.52 Å². The number of piperazine rings is 1. The molecule has 0 spiro atoms. The zero-order valence-electron chi connectivity index (χ0n) is 15.6. The van der Waals surface area contributed by atoms with E-state index in [2.05, 4.69) is 14.6 Å². The van der Waals surface area contributed by atoms with Crippen molar-refractivity contribution in [3.05, 3.63) is 59.9 Å². The molecule has 2 amide bonds. The molecule has 0 bridgehead atoms. The van der Waals surface area contributed by atoms with E-state index in [1.54, 1.807) is 26.6 Å². The number of aromatic nitrogens is 2. The van der Waals surface area contributed by atoms with Gasteiger partial charge in [-0.2, -0.15) is 5.10 Å². The lowest BCUT2D eigenvalue weighted by Crippen LogP contribution is -2.50. The fourth-order valence-electron chi connectivity index (χ4n) is 3.58. The summed E-state index contributed by atoms with van der Waals surface area (Å²) in [7, 11) is 0. The molecule has 4 heterocycles.